The SMILES string of the molecule is CNC(=O)c1cccc(C#Cc2cc([C@H]3OC(CO)CC(O)C3O)ccc2OC)c1. The van der Waals surface area contributed by atoms with Gasteiger partial charge >= 0.3 is 0 Å². The lowest BCUT2D eigenvalue weighted by atomic mass is 9.92. The minimum Gasteiger partial charge on any atom is -0.495 e. The van der Waals surface area contributed by atoms with Crippen molar-refractivity contribution in [3.05, 3.63) is 64.7 Å². The fourth-order valence-corrected chi connectivity index (χ4v) is 3.37. The van der Waals surface area contributed by atoms with E-state index in [9.17, 15) is 20.1 Å². The lowest BCUT2D eigenvalue weighted by Crippen LogP contribution is -2.44. The first kappa shape index (κ1) is 21.8. The zero-order valence-corrected chi connectivity index (χ0v) is 16.8. The summed E-state index contributed by atoms with van der Waals surface area (Å²) in [4.78, 5) is 11.8. The van der Waals surface area contributed by atoms with Crippen LogP contribution in [0.4, 0.5) is 0 Å². The van der Waals surface area contributed by atoms with Gasteiger partial charge < -0.3 is 30.1 Å². The molecular formula is C23H25NO6. The van der Waals surface area contributed by atoms with Crippen LogP contribution in [0.1, 0.15) is 39.6 Å². The van der Waals surface area contributed by atoms with Gasteiger partial charge in [-0.3, -0.25) is 4.79 Å². The number of aliphatic hydroxyl groups is 3. The molecule has 0 aromatic heterocycles. The fraction of sp³-hybridized carbons (Fsp3) is 0.348. The van der Waals surface area contributed by atoms with E-state index in [2.05, 4.69) is 17.2 Å². The van der Waals surface area contributed by atoms with E-state index >= 15 is 0 Å². The van der Waals surface area contributed by atoms with Crippen LogP contribution >= 0.6 is 0 Å². The highest BCUT2D eigenvalue weighted by Gasteiger charge is 2.37. The summed E-state index contributed by atoms with van der Waals surface area (Å²) < 4.78 is 11.1. The van der Waals surface area contributed by atoms with Crippen molar-refractivity contribution in [2.24, 2.45) is 0 Å². The van der Waals surface area contributed by atoms with Crippen LogP contribution in [0.3, 0.4) is 0 Å². The maximum atomic E-state index is 11.8. The fourth-order valence-electron chi connectivity index (χ4n) is 3.37. The number of ether oxygens (including phenoxy) is 2. The standard InChI is InChI=1S/C23H25NO6/c1-24-23(28)17-5-3-4-14(10-17)6-7-15-11-16(8-9-20(15)29-2)22-21(27)19(26)12-18(13-25)30-22/h3-5,8-11,18-19,21-22,25-27H,12-13H2,1-2H3,(H,24,28)/t18?,19?,21?,22-/m1/s1. The van der Waals surface area contributed by atoms with Crippen LogP contribution in [0.5, 0.6) is 5.75 Å². The van der Waals surface area contributed by atoms with E-state index in [1.807, 2.05) is 0 Å². The Morgan fingerprint density at radius 2 is 2.03 bits per heavy atom. The Balaban J connectivity index is 1.93. The van der Waals surface area contributed by atoms with Crippen LogP contribution in [0.2, 0.25) is 0 Å². The number of benzene rings is 2. The van der Waals surface area contributed by atoms with Crippen LogP contribution in [0.15, 0.2) is 42.5 Å². The summed E-state index contributed by atoms with van der Waals surface area (Å²) in [5.74, 6) is 6.41. The normalized spacial score (nSPS) is 23.2. The van der Waals surface area contributed by atoms with E-state index < -0.39 is 24.4 Å². The number of methoxy groups -OCH3 is 1. The van der Waals surface area contributed by atoms with E-state index in [1.54, 1.807) is 49.5 Å². The molecule has 1 fully saturated rings. The number of nitrogens with one attached hydrogen (secondary N) is 1. The van der Waals surface area contributed by atoms with Crippen molar-refractivity contribution in [1.29, 1.82) is 0 Å². The smallest absolute Gasteiger partial charge is 0.251 e. The molecule has 3 unspecified atom stereocenters. The third-order valence-corrected chi connectivity index (χ3v) is 5.00. The van der Waals surface area contributed by atoms with E-state index in [1.165, 1.54) is 7.11 Å². The number of rotatable bonds is 4. The molecule has 30 heavy (non-hydrogen) atoms. The van der Waals surface area contributed by atoms with Gasteiger partial charge in [0.05, 0.1) is 31.5 Å². The second-order valence-corrected chi connectivity index (χ2v) is 7.02. The Morgan fingerprint density at radius 3 is 2.73 bits per heavy atom. The van der Waals surface area contributed by atoms with Gasteiger partial charge in [0.15, 0.2) is 0 Å². The number of hydrogen-bond donors (Lipinski definition) is 4. The average molecular weight is 411 g/mol. The van der Waals surface area contributed by atoms with Crippen molar-refractivity contribution < 1.29 is 29.6 Å². The summed E-state index contributed by atoms with van der Waals surface area (Å²) in [5.41, 5.74) is 2.35. The molecule has 0 radical (unpaired) electrons. The summed E-state index contributed by atoms with van der Waals surface area (Å²) in [6.45, 7) is -0.245. The predicted molar refractivity (Wildman–Crippen MR) is 110 cm³/mol. The number of carbonyl (C=O) groups excluding carboxylic acids is 1. The first-order valence-electron chi connectivity index (χ1n) is 9.61. The van der Waals surface area contributed by atoms with Gasteiger partial charge in [-0.15, -0.1) is 0 Å². The minimum atomic E-state index is -1.12. The van der Waals surface area contributed by atoms with Crippen molar-refractivity contribution in [3.63, 3.8) is 0 Å². The summed E-state index contributed by atoms with van der Waals surface area (Å²) >= 11 is 0. The van der Waals surface area contributed by atoms with Crippen molar-refractivity contribution in [2.45, 2.75) is 30.8 Å². The minimum absolute atomic E-state index is 0.165. The molecule has 7 nitrogen and oxygen atoms in total. The molecule has 1 aliphatic rings. The Morgan fingerprint density at radius 1 is 1.23 bits per heavy atom. The molecule has 1 amide bonds. The largest absolute Gasteiger partial charge is 0.495 e. The predicted octanol–water partition coefficient (Wildman–Crippen LogP) is 0.999. The second kappa shape index (κ2) is 9.74. The Bertz CT molecular complexity index is 964. The van der Waals surface area contributed by atoms with Crippen LogP contribution in [0.25, 0.3) is 0 Å². The van der Waals surface area contributed by atoms with Gasteiger partial charge in [-0.05, 0) is 35.9 Å². The molecule has 158 valence electrons. The molecule has 1 saturated heterocycles. The molecule has 0 aliphatic carbocycles. The zero-order valence-electron chi connectivity index (χ0n) is 16.8. The quantitative estimate of drug-likeness (QED) is 0.559. The Hall–Kier alpha value is -2.89. The molecule has 1 aliphatic heterocycles. The van der Waals surface area contributed by atoms with E-state index in [4.69, 9.17) is 9.47 Å². The zero-order chi connectivity index (χ0) is 21.7. The van der Waals surface area contributed by atoms with Gasteiger partial charge in [0.1, 0.15) is 18.0 Å². The molecule has 0 spiro atoms. The number of hydrogen-bond acceptors (Lipinski definition) is 6. The third-order valence-electron chi connectivity index (χ3n) is 5.00. The Kier molecular flexibility index (Phi) is 7.08. The van der Waals surface area contributed by atoms with E-state index in [0.29, 0.717) is 28.0 Å². The van der Waals surface area contributed by atoms with Crippen LogP contribution in [0, 0.1) is 11.8 Å². The van der Waals surface area contributed by atoms with Crippen molar-refractivity contribution in [1.82, 2.24) is 5.32 Å². The Labute approximate surface area is 175 Å². The van der Waals surface area contributed by atoms with Crippen LogP contribution < -0.4 is 10.1 Å². The second-order valence-electron chi connectivity index (χ2n) is 7.02. The molecule has 0 bridgehead atoms. The van der Waals surface area contributed by atoms with Gasteiger partial charge in [-0.25, -0.2) is 0 Å². The highest BCUT2D eigenvalue weighted by atomic mass is 16.5. The number of aliphatic hydroxyl groups excluding tert-OH is 3. The summed E-state index contributed by atoms with van der Waals surface area (Å²) in [7, 11) is 3.10. The van der Waals surface area contributed by atoms with Gasteiger partial charge in [0.25, 0.3) is 5.91 Å². The summed E-state index contributed by atoms with van der Waals surface area (Å²) in [5, 5.41) is 32.4. The van der Waals surface area contributed by atoms with Gasteiger partial charge in [-0.1, -0.05) is 24.0 Å². The molecule has 1 heterocycles. The number of carbonyl (C=O) groups is 1. The highest BCUT2D eigenvalue weighted by Crippen LogP contribution is 2.34. The van der Waals surface area contributed by atoms with Gasteiger partial charge in [-0.2, -0.15) is 0 Å². The lowest BCUT2D eigenvalue weighted by Gasteiger charge is -2.36. The molecule has 7 heteroatoms. The molecule has 2 aromatic rings. The first-order valence-corrected chi connectivity index (χ1v) is 9.61. The topological polar surface area (TPSA) is 108 Å². The van der Waals surface area contributed by atoms with Crippen LogP contribution in [-0.2, 0) is 4.74 Å². The maximum absolute atomic E-state index is 11.8. The van der Waals surface area contributed by atoms with E-state index in [0.717, 1.165) is 0 Å². The first-order chi connectivity index (χ1) is 14.5. The van der Waals surface area contributed by atoms with E-state index in [-0.39, 0.29) is 18.9 Å². The van der Waals surface area contributed by atoms with Crippen molar-refractivity contribution in [3.8, 4) is 17.6 Å². The molecular weight excluding hydrogens is 386 g/mol. The molecule has 3 rings (SSSR count). The monoisotopic (exact) mass is 411 g/mol. The lowest BCUT2D eigenvalue weighted by molar-refractivity contribution is -0.179. The third kappa shape index (κ3) is 4.81. The molecule has 4 N–H and O–H groups in total. The van der Waals surface area contributed by atoms with Gasteiger partial charge in [0.2, 0.25) is 0 Å². The van der Waals surface area contributed by atoms with Crippen LogP contribution in [-0.4, -0.2) is 60.3 Å². The molecule has 0 saturated carbocycles. The summed E-state index contributed by atoms with van der Waals surface area (Å²) in [6.07, 6.45) is -3.30. The molecule has 4 atom stereocenters. The average Bonchev–Trinajstić information content (AvgIpc) is 2.78. The maximum Gasteiger partial charge on any atom is 0.251 e. The van der Waals surface area contributed by atoms with Crippen molar-refractivity contribution >= 4 is 5.91 Å². The number of amides is 1. The van der Waals surface area contributed by atoms with Gasteiger partial charge in [0, 0.05) is 24.6 Å². The molecule has 2 aromatic carbocycles. The van der Waals surface area contributed by atoms with Crippen molar-refractivity contribution in [2.75, 3.05) is 20.8 Å². The summed E-state index contributed by atoms with van der Waals surface area (Å²) in [6, 6.07) is 12.1. The highest BCUT2D eigenvalue weighted by molar-refractivity contribution is 5.94.